The van der Waals surface area contributed by atoms with E-state index in [1.165, 1.54) is 31.2 Å². The predicted molar refractivity (Wildman–Crippen MR) is 54.4 cm³/mol. The van der Waals surface area contributed by atoms with Crippen molar-refractivity contribution in [2.75, 3.05) is 0 Å². The van der Waals surface area contributed by atoms with E-state index in [0.717, 1.165) is 0 Å². The molecule has 12 heavy (non-hydrogen) atoms. The molecule has 0 atom stereocenters. The van der Waals surface area contributed by atoms with Gasteiger partial charge < -0.3 is 0 Å². The fourth-order valence-corrected chi connectivity index (χ4v) is 2.73. The second kappa shape index (κ2) is 3.21. The molecule has 1 aliphatic carbocycles. The third-order valence-corrected chi connectivity index (χ3v) is 3.88. The summed E-state index contributed by atoms with van der Waals surface area (Å²) >= 11 is 3.84. The quantitative estimate of drug-likeness (QED) is 0.638. The van der Waals surface area contributed by atoms with Crippen molar-refractivity contribution in [1.29, 1.82) is 0 Å². The van der Waals surface area contributed by atoms with E-state index < -0.39 is 0 Å². The minimum absolute atomic E-state index is 0.280. The molecule has 2 rings (SSSR count). The summed E-state index contributed by atoms with van der Waals surface area (Å²) in [6, 6.07) is 11.4. The number of hydrogen-bond donors (Lipinski definition) is 0. The third-order valence-electron chi connectivity index (χ3n) is 2.63. The maximum atomic E-state index is 3.84. The average molecular weight is 224 g/mol. The van der Waals surface area contributed by atoms with Crippen LogP contribution < -0.4 is 0 Å². The Bertz CT molecular complexity index is 247. The van der Waals surface area contributed by atoms with E-state index in [9.17, 15) is 0 Å². The van der Waals surface area contributed by atoms with Crippen molar-refractivity contribution in [3.8, 4) is 0 Å². The average Bonchev–Trinajstić information content (AvgIpc) is 2.55. The van der Waals surface area contributed by atoms with E-state index in [-0.39, 0.29) is 4.32 Å². The van der Waals surface area contributed by atoms with Gasteiger partial charge in [0.15, 0.2) is 0 Å². The molecule has 1 aromatic carbocycles. The first kappa shape index (κ1) is 8.31. The van der Waals surface area contributed by atoms with Crippen molar-refractivity contribution < 1.29 is 0 Å². The molecule has 0 aromatic heterocycles. The van der Waals surface area contributed by atoms with E-state index in [1.807, 2.05) is 12.1 Å². The fourth-order valence-electron chi connectivity index (χ4n) is 1.91. The first-order valence-electron chi connectivity index (χ1n) is 4.47. The second-order valence-corrected chi connectivity index (χ2v) is 4.98. The Hall–Kier alpha value is -0.300. The fraction of sp³-hybridized carbons (Fsp3) is 0.455. The molecule has 1 radical (unpaired) electrons. The number of rotatable bonds is 1. The van der Waals surface area contributed by atoms with Crippen molar-refractivity contribution >= 4 is 15.9 Å². The van der Waals surface area contributed by atoms with Gasteiger partial charge in [0.25, 0.3) is 0 Å². The molecule has 1 fully saturated rings. The third kappa shape index (κ3) is 1.42. The predicted octanol–water partition coefficient (Wildman–Crippen LogP) is 3.65. The van der Waals surface area contributed by atoms with E-state index in [1.54, 1.807) is 0 Å². The van der Waals surface area contributed by atoms with E-state index >= 15 is 0 Å². The van der Waals surface area contributed by atoms with Crippen LogP contribution in [0.5, 0.6) is 0 Å². The molecule has 0 saturated heterocycles. The maximum absolute atomic E-state index is 3.84. The Labute approximate surface area is 82.1 Å². The molecule has 1 aromatic rings. The SMILES string of the molecule is BrC1(c2cc[c]cc2)CCCC1. The maximum Gasteiger partial charge on any atom is 0.0506 e. The van der Waals surface area contributed by atoms with Crippen LogP contribution in [0.2, 0.25) is 0 Å². The van der Waals surface area contributed by atoms with Crippen molar-refractivity contribution in [2.45, 2.75) is 30.0 Å². The minimum Gasteiger partial charge on any atom is -0.0801 e. The van der Waals surface area contributed by atoms with Gasteiger partial charge in [-0.15, -0.1) is 0 Å². The van der Waals surface area contributed by atoms with Crippen LogP contribution in [0.15, 0.2) is 24.3 Å². The first-order valence-corrected chi connectivity index (χ1v) is 5.26. The lowest BCUT2D eigenvalue weighted by Gasteiger charge is -2.21. The van der Waals surface area contributed by atoms with Crippen LogP contribution in [-0.4, -0.2) is 0 Å². The molecule has 63 valence electrons. The second-order valence-electron chi connectivity index (χ2n) is 3.46. The zero-order valence-electron chi connectivity index (χ0n) is 7.02. The van der Waals surface area contributed by atoms with Crippen LogP contribution in [0, 0.1) is 6.07 Å². The van der Waals surface area contributed by atoms with Gasteiger partial charge >= 0.3 is 0 Å². The highest BCUT2D eigenvalue weighted by Gasteiger charge is 2.32. The topological polar surface area (TPSA) is 0 Å². The summed E-state index contributed by atoms with van der Waals surface area (Å²) in [7, 11) is 0. The zero-order chi connectivity index (χ0) is 8.44. The van der Waals surface area contributed by atoms with Gasteiger partial charge in [0.05, 0.1) is 4.32 Å². The molecule has 1 heteroatoms. The smallest absolute Gasteiger partial charge is 0.0506 e. The van der Waals surface area contributed by atoms with Gasteiger partial charge in [-0.05, 0) is 24.5 Å². The summed E-state index contributed by atoms with van der Waals surface area (Å²) in [6.45, 7) is 0. The molecule has 0 unspecified atom stereocenters. The van der Waals surface area contributed by atoms with Gasteiger partial charge in [-0.25, -0.2) is 0 Å². The summed E-state index contributed by atoms with van der Waals surface area (Å²) < 4.78 is 0.280. The molecule has 1 saturated carbocycles. The molecule has 1 aliphatic rings. The van der Waals surface area contributed by atoms with Crippen LogP contribution in [0.4, 0.5) is 0 Å². The summed E-state index contributed by atoms with van der Waals surface area (Å²) in [6.07, 6.45) is 5.25. The van der Waals surface area contributed by atoms with Crippen molar-refractivity contribution in [3.05, 3.63) is 35.9 Å². The van der Waals surface area contributed by atoms with Gasteiger partial charge in [-0.2, -0.15) is 0 Å². The zero-order valence-corrected chi connectivity index (χ0v) is 8.60. The van der Waals surface area contributed by atoms with Crippen LogP contribution in [0.25, 0.3) is 0 Å². The Morgan fingerprint density at radius 3 is 2.33 bits per heavy atom. The highest BCUT2D eigenvalue weighted by molar-refractivity contribution is 9.09. The summed E-state index contributed by atoms with van der Waals surface area (Å²) in [5.41, 5.74) is 1.42. The molecule has 0 N–H and O–H groups in total. The van der Waals surface area contributed by atoms with Crippen LogP contribution in [-0.2, 0) is 4.32 Å². The van der Waals surface area contributed by atoms with Crippen LogP contribution in [0.3, 0.4) is 0 Å². The van der Waals surface area contributed by atoms with Crippen LogP contribution in [0.1, 0.15) is 31.2 Å². The van der Waals surface area contributed by atoms with Crippen molar-refractivity contribution in [1.82, 2.24) is 0 Å². The molecular weight excluding hydrogens is 212 g/mol. The van der Waals surface area contributed by atoms with Gasteiger partial charge in [0.2, 0.25) is 0 Å². The van der Waals surface area contributed by atoms with Crippen LogP contribution >= 0.6 is 15.9 Å². The molecular formula is C11H12Br. The monoisotopic (exact) mass is 223 g/mol. The highest BCUT2D eigenvalue weighted by atomic mass is 79.9. The number of benzene rings is 1. The van der Waals surface area contributed by atoms with Gasteiger partial charge in [0.1, 0.15) is 0 Å². The Balaban J connectivity index is 2.29. The van der Waals surface area contributed by atoms with Gasteiger partial charge in [0, 0.05) is 0 Å². The van der Waals surface area contributed by atoms with Crippen molar-refractivity contribution in [3.63, 3.8) is 0 Å². The molecule has 0 aliphatic heterocycles. The largest absolute Gasteiger partial charge is 0.0801 e. The van der Waals surface area contributed by atoms with E-state index in [0.29, 0.717) is 0 Å². The lowest BCUT2D eigenvalue weighted by atomic mass is 9.98. The Morgan fingerprint density at radius 1 is 1.17 bits per heavy atom. The van der Waals surface area contributed by atoms with E-state index in [2.05, 4.69) is 34.1 Å². The Morgan fingerprint density at radius 2 is 1.75 bits per heavy atom. The summed E-state index contributed by atoms with van der Waals surface area (Å²) in [5.74, 6) is 0. The molecule has 0 amide bonds. The van der Waals surface area contributed by atoms with Gasteiger partial charge in [-0.1, -0.05) is 53.0 Å². The molecule has 0 heterocycles. The standard InChI is InChI=1S/C11H12Br/c12-11(8-4-5-9-11)10-6-2-1-3-7-10/h2-3,6-7H,4-5,8-9H2. The van der Waals surface area contributed by atoms with Crippen molar-refractivity contribution in [2.24, 2.45) is 0 Å². The molecule has 0 bridgehead atoms. The molecule has 0 spiro atoms. The normalized spacial score (nSPS) is 21.1. The van der Waals surface area contributed by atoms with E-state index in [4.69, 9.17) is 0 Å². The number of halogens is 1. The summed E-state index contributed by atoms with van der Waals surface area (Å²) in [4.78, 5) is 0. The lowest BCUT2D eigenvalue weighted by molar-refractivity contribution is 0.669. The first-order chi connectivity index (χ1) is 5.81. The number of hydrogen-bond acceptors (Lipinski definition) is 0. The lowest BCUT2D eigenvalue weighted by Crippen LogP contribution is -2.11. The molecule has 0 nitrogen and oxygen atoms in total. The summed E-state index contributed by atoms with van der Waals surface area (Å²) in [5, 5.41) is 0. The highest BCUT2D eigenvalue weighted by Crippen LogP contribution is 2.45. The van der Waals surface area contributed by atoms with Gasteiger partial charge in [-0.3, -0.25) is 0 Å². The minimum atomic E-state index is 0.280. The number of alkyl halides is 1. The Kier molecular flexibility index (Phi) is 2.22.